The van der Waals surface area contributed by atoms with Crippen LogP contribution in [-0.4, -0.2) is 35.2 Å². The lowest BCUT2D eigenvalue weighted by Gasteiger charge is -2.16. The highest BCUT2D eigenvalue weighted by Crippen LogP contribution is 2.35. The zero-order valence-corrected chi connectivity index (χ0v) is 21.6. The van der Waals surface area contributed by atoms with Crippen molar-refractivity contribution in [3.05, 3.63) is 82.8 Å². The van der Waals surface area contributed by atoms with Crippen molar-refractivity contribution >= 4 is 16.7 Å². The number of rotatable bonds is 6. The summed E-state index contributed by atoms with van der Waals surface area (Å²) in [5, 5.41) is 14.9. The lowest BCUT2D eigenvalue weighted by Crippen LogP contribution is -2.05. The number of nitrogens with zero attached hydrogens (tertiary/aromatic N) is 6. The Morgan fingerprint density at radius 2 is 1.76 bits per heavy atom. The highest BCUT2D eigenvalue weighted by Gasteiger charge is 2.16. The Labute approximate surface area is 216 Å². The quantitative estimate of drug-likeness (QED) is 0.296. The van der Waals surface area contributed by atoms with Crippen molar-refractivity contribution < 1.29 is 0 Å². The van der Waals surface area contributed by atoms with Crippen LogP contribution >= 0.6 is 0 Å². The van der Waals surface area contributed by atoms with E-state index in [0.717, 1.165) is 65.2 Å². The minimum absolute atomic E-state index is 0.609. The molecule has 37 heavy (non-hydrogen) atoms. The highest BCUT2D eigenvalue weighted by atomic mass is 15.5. The van der Waals surface area contributed by atoms with Crippen molar-refractivity contribution in [3.8, 4) is 22.5 Å². The maximum atomic E-state index is 4.90. The summed E-state index contributed by atoms with van der Waals surface area (Å²) in [6, 6.07) is 17.5. The van der Waals surface area contributed by atoms with Crippen LogP contribution in [0.2, 0.25) is 0 Å². The normalized spacial score (nSPS) is 13.8. The summed E-state index contributed by atoms with van der Waals surface area (Å²) >= 11 is 0. The molecule has 0 saturated heterocycles. The molecule has 5 aromatic rings. The van der Waals surface area contributed by atoms with Crippen molar-refractivity contribution in [2.45, 2.75) is 59.4 Å². The molecule has 0 saturated carbocycles. The maximum Gasteiger partial charge on any atom is 0.205 e. The molecule has 7 nitrogen and oxygen atoms in total. The van der Waals surface area contributed by atoms with Gasteiger partial charge < -0.3 is 4.57 Å². The minimum Gasteiger partial charge on any atom is -0.308 e. The van der Waals surface area contributed by atoms with Crippen LogP contribution < -0.4 is 0 Å². The van der Waals surface area contributed by atoms with Gasteiger partial charge in [-0.3, -0.25) is 0 Å². The summed E-state index contributed by atoms with van der Waals surface area (Å²) in [7, 11) is 0. The predicted octanol–water partition coefficient (Wildman–Crippen LogP) is 6.46. The predicted molar refractivity (Wildman–Crippen MR) is 147 cm³/mol. The first kappa shape index (κ1) is 23.3. The second kappa shape index (κ2) is 9.73. The number of hydrogen-bond donors (Lipinski definition) is 1. The fourth-order valence-corrected chi connectivity index (χ4v) is 5.41. The summed E-state index contributed by atoms with van der Waals surface area (Å²) in [4.78, 5) is 9.73. The van der Waals surface area contributed by atoms with Crippen LogP contribution in [0.15, 0.2) is 54.6 Å². The van der Waals surface area contributed by atoms with Gasteiger partial charge in [0, 0.05) is 17.7 Å². The second-order valence-corrected chi connectivity index (χ2v) is 9.89. The Kier molecular flexibility index (Phi) is 6.12. The van der Waals surface area contributed by atoms with E-state index in [9.17, 15) is 0 Å². The SMILES string of the molecule is CCc1nc2c(C)cc(C)nc2n1Cc1ccc(-c2cc(C3=CCCCC3)ccc2-c2nn[nH]n2)cc1. The number of tetrazole rings is 1. The van der Waals surface area contributed by atoms with E-state index in [1.54, 1.807) is 0 Å². The number of benzene rings is 2. The number of hydrogen-bond acceptors (Lipinski definition) is 5. The average Bonchev–Trinajstić information content (AvgIpc) is 3.58. The Morgan fingerprint density at radius 3 is 2.49 bits per heavy atom. The molecule has 1 aliphatic rings. The second-order valence-electron chi connectivity index (χ2n) is 9.89. The van der Waals surface area contributed by atoms with E-state index >= 15 is 0 Å². The molecule has 1 aliphatic carbocycles. The van der Waals surface area contributed by atoms with Crippen LogP contribution in [0, 0.1) is 13.8 Å². The molecule has 1 N–H and O–H groups in total. The molecule has 2 aromatic carbocycles. The number of aryl methyl sites for hydroxylation is 3. The van der Waals surface area contributed by atoms with Gasteiger partial charge in [-0.05, 0) is 96.3 Å². The molecule has 0 spiro atoms. The van der Waals surface area contributed by atoms with Crippen LogP contribution in [0.25, 0.3) is 39.3 Å². The summed E-state index contributed by atoms with van der Waals surface area (Å²) in [5.74, 6) is 1.67. The van der Waals surface area contributed by atoms with E-state index < -0.39 is 0 Å². The number of aromatic nitrogens is 7. The van der Waals surface area contributed by atoms with Crippen molar-refractivity contribution in [3.63, 3.8) is 0 Å². The molecular formula is C30H31N7. The third kappa shape index (κ3) is 4.46. The molecule has 0 atom stereocenters. The highest BCUT2D eigenvalue weighted by molar-refractivity contribution is 5.84. The van der Waals surface area contributed by atoms with Crippen LogP contribution in [0.4, 0.5) is 0 Å². The number of H-pyrrole nitrogens is 1. The van der Waals surface area contributed by atoms with E-state index in [2.05, 4.69) is 93.6 Å². The zero-order valence-electron chi connectivity index (χ0n) is 21.6. The number of aromatic amines is 1. The summed E-state index contributed by atoms with van der Waals surface area (Å²) < 4.78 is 2.26. The van der Waals surface area contributed by atoms with Crippen molar-refractivity contribution in [2.75, 3.05) is 0 Å². The van der Waals surface area contributed by atoms with Gasteiger partial charge in [-0.25, -0.2) is 9.97 Å². The van der Waals surface area contributed by atoms with Gasteiger partial charge in [0.15, 0.2) is 5.65 Å². The topological polar surface area (TPSA) is 85.2 Å². The Balaban J connectivity index is 1.38. The van der Waals surface area contributed by atoms with Gasteiger partial charge in [0.1, 0.15) is 11.3 Å². The van der Waals surface area contributed by atoms with E-state index in [1.807, 2.05) is 6.92 Å². The zero-order chi connectivity index (χ0) is 25.4. The molecular weight excluding hydrogens is 458 g/mol. The molecule has 3 aromatic heterocycles. The molecule has 0 unspecified atom stereocenters. The molecule has 6 rings (SSSR count). The van der Waals surface area contributed by atoms with Crippen LogP contribution in [-0.2, 0) is 13.0 Å². The maximum absolute atomic E-state index is 4.90. The smallest absolute Gasteiger partial charge is 0.205 e. The molecule has 3 heterocycles. The van der Waals surface area contributed by atoms with Gasteiger partial charge in [-0.2, -0.15) is 5.21 Å². The third-order valence-corrected chi connectivity index (χ3v) is 7.29. The lowest BCUT2D eigenvalue weighted by molar-refractivity contribution is 0.742. The Hall–Kier alpha value is -4.13. The van der Waals surface area contributed by atoms with Gasteiger partial charge in [0.05, 0.1) is 6.54 Å². The molecule has 0 amide bonds. The van der Waals surface area contributed by atoms with E-state index in [4.69, 9.17) is 9.97 Å². The van der Waals surface area contributed by atoms with Gasteiger partial charge in [-0.15, -0.1) is 10.2 Å². The van der Waals surface area contributed by atoms with Crippen molar-refractivity contribution in [1.82, 2.24) is 35.2 Å². The number of fused-ring (bicyclic) bond motifs is 1. The Morgan fingerprint density at radius 1 is 0.919 bits per heavy atom. The number of imidazole rings is 1. The Bertz CT molecular complexity index is 1590. The minimum atomic E-state index is 0.609. The summed E-state index contributed by atoms with van der Waals surface area (Å²) in [5.41, 5.74) is 11.3. The first-order valence-electron chi connectivity index (χ1n) is 13.1. The standard InChI is InChI=1S/C30H31N7/c1-4-27-32-28-19(2)16-20(3)31-30(28)37(27)18-21-10-12-23(13-11-21)26-17-24(22-8-6-5-7-9-22)14-15-25(26)29-33-35-36-34-29/h8,10-17H,4-7,9,18H2,1-3H3,(H,33,34,35,36). The molecule has 0 radical (unpaired) electrons. The molecule has 186 valence electrons. The van der Waals surface area contributed by atoms with Crippen molar-refractivity contribution in [2.24, 2.45) is 0 Å². The van der Waals surface area contributed by atoms with Crippen LogP contribution in [0.1, 0.15) is 60.8 Å². The molecule has 0 aliphatic heterocycles. The van der Waals surface area contributed by atoms with Crippen LogP contribution in [0.3, 0.4) is 0 Å². The lowest BCUT2D eigenvalue weighted by atomic mass is 9.89. The van der Waals surface area contributed by atoms with Gasteiger partial charge in [-0.1, -0.05) is 43.3 Å². The van der Waals surface area contributed by atoms with Gasteiger partial charge in [0.2, 0.25) is 5.82 Å². The summed E-state index contributed by atoms with van der Waals surface area (Å²) in [6.07, 6.45) is 8.06. The van der Waals surface area contributed by atoms with Crippen LogP contribution in [0.5, 0.6) is 0 Å². The summed E-state index contributed by atoms with van der Waals surface area (Å²) in [6.45, 7) is 7.04. The van der Waals surface area contributed by atoms with Crippen molar-refractivity contribution in [1.29, 1.82) is 0 Å². The average molecular weight is 490 g/mol. The fraction of sp³-hybridized carbons (Fsp3) is 0.300. The third-order valence-electron chi connectivity index (χ3n) is 7.29. The largest absolute Gasteiger partial charge is 0.308 e. The van der Waals surface area contributed by atoms with Gasteiger partial charge >= 0.3 is 0 Å². The first-order chi connectivity index (χ1) is 18.1. The number of allylic oxidation sites excluding steroid dienone is 2. The molecule has 0 bridgehead atoms. The first-order valence-corrected chi connectivity index (χ1v) is 13.1. The number of pyridine rings is 1. The van der Waals surface area contributed by atoms with Gasteiger partial charge in [0.25, 0.3) is 0 Å². The fourth-order valence-electron chi connectivity index (χ4n) is 5.41. The molecule has 0 fully saturated rings. The van der Waals surface area contributed by atoms with E-state index in [0.29, 0.717) is 5.82 Å². The monoisotopic (exact) mass is 489 g/mol. The molecule has 7 heteroatoms. The van der Waals surface area contributed by atoms with E-state index in [1.165, 1.54) is 35.1 Å². The number of nitrogens with one attached hydrogen (secondary N) is 1. The van der Waals surface area contributed by atoms with E-state index in [-0.39, 0.29) is 0 Å².